The number of hydrogen-bond donors (Lipinski definition) is 2. The number of likely N-dealkylation sites (tertiary alicyclic amines) is 1. The van der Waals surface area contributed by atoms with Crippen LogP contribution in [0.1, 0.15) is 43.2 Å². The number of carboxylic acids is 1. The van der Waals surface area contributed by atoms with Crippen LogP contribution in [0.5, 0.6) is 0 Å². The molecule has 2 amide bonds. The molecule has 1 aliphatic carbocycles. The Morgan fingerprint density at radius 2 is 1.68 bits per heavy atom. The molecule has 7 nitrogen and oxygen atoms in total. The average Bonchev–Trinajstić information content (AvgIpc) is 3.16. The van der Waals surface area contributed by atoms with Gasteiger partial charge in [0.05, 0.1) is 5.41 Å². The van der Waals surface area contributed by atoms with Crippen LogP contribution in [0.3, 0.4) is 0 Å². The molecule has 1 fully saturated rings. The van der Waals surface area contributed by atoms with Crippen LogP contribution in [0.2, 0.25) is 0 Å². The molecule has 0 aromatic heterocycles. The molecule has 2 aromatic rings. The van der Waals surface area contributed by atoms with Crippen LogP contribution in [0.15, 0.2) is 61.2 Å². The van der Waals surface area contributed by atoms with Gasteiger partial charge in [0.25, 0.3) is 0 Å². The highest BCUT2D eigenvalue weighted by Gasteiger charge is 2.39. The van der Waals surface area contributed by atoms with E-state index in [-0.39, 0.29) is 24.9 Å². The lowest BCUT2D eigenvalue weighted by Gasteiger charge is -2.37. The van der Waals surface area contributed by atoms with Crippen molar-refractivity contribution < 1.29 is 24.2 Å². The zero-order chi connectivity index (χ0) is 24.3. The molecule has 34 heavy (non-hydrogen) atoms. The summed E-state index contributed by atoms with van der Waals surface area (Å²) in [6.45, 7) is 6.23. The summed E-state index contributed by atoms with van der Waals surface area (Å²) in [5.41, 5.74) is 3.69. The number of rotatable bonds is 7. The molecule has 0 saturated carbocycles. The largest absolute Gasteiger partial charge is 0.481 e. The average molecular weight is 463 g/mol. The normalized spacial score (nSPS) is 17.3. The molecule has 1 atom stereocenters. The molecule has 2 N–H and O–H groups in total. The standard InChI is InChI=1S/C27H30N2O5/c1-3-8-23(24(30)29-15-13-27(2,14-16-29)25(31)32)28-26(33)34-17-22-20-11-6-4-9-18(20)19-10-5-7-12-21(19)22/h3-7,9-12,22-23H,1,8,13-17H2,2H3,(H,28,33)(H,31,32). The monoisotopic (exact) mass is 462 g/mol. The fourth-order valence-corrected chi connectivity index (χ4v) is 4.83. The van der Waals surface area contributed by atoms with Crippen molar-refractivity contribution in [2.45, 2.75) is 38.1 Å². The van der Waals surface area contributed by atoms with Crippen molar-refractivity contribution in [3.8, 4) is 11.1 Å². The Balaban J connectivity index is 1.38. The highest BCUT2D eigenvalue weighted by Crippen LogP contribution is 2.44. The Bertz CT molecular complexity index is 1060. The second kappa shape index (κ2) is 9.71. The molecule has 1 unspecified atom stereocenters. The third-order valence-electron chi connectivity index (χ3n) is 7.03. The van der Waals surface area contributed by atoms with E-state index in [9.17, 15) is 19.5 Å². The second-order valence-corrected chi connectivity index (χ2v) is 9.24. The van der Waals surface area contributed by atoms with Gasteiger partial charge in [0.2, 0.25) is 5.91 Å². The van der Waals surface area contributed by atoms with Crippen molar-refractivity contribution in [3.05, 3.63) is 72.3 Å². The van der Waals surface area contributed by atoms with Crippen molar-refractivity contribution >= 4 is 18.0 Å². The minimum absolute atomic E-state index is 0.0671. The number of benzene rings is 2. The minimum atomic E-state index is -0.848. The maximum atomic E-state index is 13.1. The lowest BCUT2D eigenvalue weighted by Crippen LogP contribution is -2.52. The fraction of sp³-hybridized carbons (Fsp3) is 0.370. The summed E-state index contributed by atoms with van der Waals surface area (Å²) in [6, 6.07) is 15.4. The topological polar surface area (TPSA) is 95.9 Å². The summed E-state index contributed by atoms with van der Waals surface area (Å²) in [7, 11) is 0. The first kappa shape index (κ1) is 23.5. The van der Waals surface area contributed by atoms with Crippen molar-refractivity contribution in [2.75, 3.05) is 19.7 Å². The summed E-state index contributed by atoms with van der Waals surface area (Å²) in [6.07, 6.45) is 1.93. The molecule has 2 aliphatic rings. The number of piperidine rings is 1. The van der Waals surface area contributed by atoms with Gasteiger partial charge in [-0.25, -0.2) is 4.79 Å². The van der Waals surface area contributed by atoms with Crippen LogP contribution < -0.4 is 5.32 Å². The van der Waals surface area contributed by atoms with Crippen molar-refractivity contribution in [2.24, 2.45) is 5.41 Å². The van der Waals surface area contributed by atoms with E-state index >= 15 is 0 Å². The Hall–Kier alpha value is -3.61. The van der Waals surface area contributed by atoms with E-state index < -0.39 is 23.5 Å². The Morgan fingerprint density at radius 3 is 2.21 bits per heavy atom. The molecule has 0 radical (unpaired) electrons. The van der Waals surface area contributed by atoms with Gasteiger partial charge in [-0.2, -0.15) is 0 Å². The van der Waals surface area contributed by atoms with Gasteiger partial charge in [-0.05, 0) is 48.4 Å². The van der Waals surface area contributed by atoms with Crippen LogP contribution in [0, 0.1) is 5.41 Å². The summed E-state index contributed by atoms with van der Waals surface area (Å²) < 4.78 is 5.59. The van der Waals surface area contributed by atoms with Gasteiger partial charge in [0.15, 0.2) is 0 Å². The number of amides is 2. The number of aliphatic carboxylic acids is 1. The van der Waals surface area contributed by atoms with E-state index in [1.807, 2.05) is 36.4 Å². The first-order valence-electron chi connectivity index (χ1n) is 11.6. The molecule has 0 spiro atoms. The number of nitrogens with zero attached hydrogens (tertiary/aromatic N) is 1. The van der Waals surface area contributed by atoms with Crippen molar-refractivity contribution in [1.82, 2.24) is 10.2 Å². The van der Waals surface area contributed by atoms with Gasteiger partial charge < -0.3 is 20.1 Å². The zero-order valence-electron chi connectivity index (χ0n) is 19.3. The molecule has 0 bridgehead atoms. The maximum Gasteiger partial charge on any atom is 0.407 e. The van der Waals surface area contributed by atoms with Gasteiger partial charge in [-0.3, -0.25) is 9.59 Å². The fourth-order valence-electron chi connectivity index (χ4n) is 4.83. The summed E-state index contributed by atoms with van der Waals surface area (Å²) in [5.74, 6) is -1.16. The summed E-state index contributed by atoms with van der Waals surface area (Å²) >= 11 is 0. The number of alkyl carbamates (subject to hydrolysis) is 1. The predicted octanol–water partition coefficient (Wildman–Crippen LogP) is 4.18. The summed E-state index contributed by atoms with van der Waals surface area (Å²) in [4.78, 5) is 38.8. The molecule has 178 valence electrons. The van der Waals surface area contributed by atoms with Crippen molar-refractivity contribution in [3.63, 3.8) is 0 Å². The first-order valence-corrected chi connectivity index (χ1v) is 11.6. The molecule has 2 aromatic carbocycles. The van der Waals surface area contributed by atoms with Gasteiger partial charge in [-0.1, -0.05) is 54.6 Å². The summed E-state index contributed by atoms with van der Waals surface area (Å²) in [5, 5.41) is 12.1. The third kappa shape index (κ3) is 4.55. The number of carboxylic acid groups (broad SMARTS) is 1. The third-order valence-corrected chi connectivity index (χ3v) is 7.03. The van der Waals surface area contributed by atoms with Crippen LogP contribution >= 0.6 is 0 Å². The number of nitrogens with one attached hydrogen (secondary N) is 1. The van der Waals surface area contributed by atoms with Crippen LogP contribution in [0.4, 0.5) is 4.79 Å². The lowest BCUT2D eigenvalue weighted by atomic mass is 9.80. The molecule has 4 rings (SSSR count). The molecule has 1 heterocycles. The van der Waals surface area contributed by atoms with E-state index in [2.05, 4.69) is 24.0 Å². The Labute approximate surface area is 199 Å². The van der Waals surface area contributed by atoms with E-state index in [1.165, 1.54) is 0 Å². The molecule has 7 heteroatoms. The molecule has 1 saturated heterocycles. The van der Waals surface area contributed by atoms with Gasteiger partial charge in [0, 0.05) is 19.0 Å². The van der Waals surface area contributed by atoms with Crippen LogP contribution in [-0.2, 0) is 14.3 Å². The number of carbonyl (C=O) groups is 3. The molecular weight excluding hydrogens is 432 g/mol. The highest BCUT2D eigenvalue weighted by molar-refractivity contribution is 5.86. The van der Waals surface area contributed by atoms with E-state index in [4.69, 9.17) is 4.74 Å². The van der Waals surface area contributed by atoms with E-state index in [0.29, 0.717) is 25.9 Å². The Morgan fingerprint density at radius 1 is 1.12 bits per heavy atom. The van der Waals surface area contributed by atoms with Crippen LogP contribution in [0.25, 0.3) is 11.1 Å². The van der Waals surface area contributed by atoms with Gasteiger partial charge in [-0.15, -0.1) is 6.58 Å². The predicted molar refractivity (Wildman–Crippen MR) is 128 cm³/mol. The Kier molecular flexibility index (Phi) is 6.72. The number of carbonyl (C=O) groups excluding carboxylic acids is 2. The minimum Gasteiger partial charge on any atom is -0.481 e. The first-order chi connectivity index (χ1) is 16.3. The van der Waals surface area contributed by atoms with E-state index in [0.717, 1.165) is 22.3 Å². The second-order valence-electron chi connectivity index (χ2n) is 9.24. The van der Waals surface area contributed by atoms with Gasteiger partial charge >= 0.3 is 12.1 Å². The number of hydrogen-bond acceptors (Lipinski definition) is 4. The lowest BCUT2D eigenvalue weighted by molar-refractivity contribution is -0.153. The van der Waals surface area contributed by atoms with Gasteiger partial charge in [0.1, 0.15) is 12.6 Å². The maximum absolute atomic E-state index is 13.1. The number of ether oxygens (including phenoxy) is 1. The molecule has 1 aliphatic heterocycles. The number of fused-ring (bicyclic) bond motifs is 3. The highest BCUT2D eigenvalue weighted by atomic mass is 16.5. The van der Waals surface area contributed by atoms with Crippen LogP contribution in [-0.4, -0.2) is 53.7 Å². The SMILES string of the molecule is C=CCC(NC(=O)OCC1c2ccccc2-c2ccccc21)C(=O)N1CCC(C)(C(=O)O)CC1. The van der Waals surface area contributed by atoms with Crippen molar-refractivity contribution in [1.29, 1.82) is 0 Å². The van der Waals surface area contributed by atoms with E-state index in [1.54, 1.807) is 17.9 Å². The quantitative estimate of drug-likeness (QED) is 0.602. The smallest absolute Gasteiger partial charge is 0.407 e. The molecular formula is C27H30N2O5. The zero-order valence-corrected chi connectivity index (χ0v) is 19.3.